The van der Waals surface area contributed by atoms with E-state index in [1.54, 1.807) is 6.20 Å². The van der Waals surface area contributed by atoms with Gasteiger partial charge in [-0.3, -0.25) is 4.79 Å². The van der Waals surface area contributed by atoms with Gasteiger partial charge in [-0.05, 0) is 19.1 Å². The summed E-state index contributed by atoms with van der Waals surface area (Å²) in [6.07, 6.45) is 2.22. The van der Waals surface area contributed by atoms with Crippen molar-refractivity contribution in [2.45, 2.75) is 26.4 Å². The fourth-order valence-electron chi connectivity index (χ4n) is 2.68. The fourth-order valence-corrected chi connectivity index (χ4v) is 2.68. The summed E-state index contributed by atoms with van der Waals surface area (Å²) >= 11 is 0. The molecule has 0 aliphatic carbocycles. The zero-order valence-electron chi connectivity index (χ0n) is 14.8. The number of fused-ring (bicyclic) bond motifs is 1. The second-order valence-electron chi connectivity index (χ2n) is 6.22. The molecule has 0 aliphatic heterocycles. The van der Waals surface area contributed by atoms with Crippen LogP contribution in [0.5, 0.6) is 0 Å². The number of esters is 1. The lowest BCUT2D eigenvalue weighted by Gasteiger charge is -2.00. The number of ether oxygens (including phenoxy) is 1. The van der Waals surface area contributed by atoms with Gasteiger partial charge in [0.2, 0.25) is 5.89 Å². The van der Waals surface area contributed by atoms with Gasteiger partial charge in [-0.1, -0.05) is 42.0 Å². The molecule has 0 atom stereocenters. The van der Waals surface area contributed by atoms with Gasteiger partial charge < -0.3 is 13.6 Å². The SMILES string of the molecule is Cc1ccc(-c2cnc(CCC(=O)OCc3nc4ccccc4o3)o2)cc1. The van der Waals surface area contributed by atoms with E-state index >= 15 is 0 Å². The van der Waals surface area contributed by atoms with Gasteiger partial charge in [0.1, 0.15) is 5.52 Å². The van der Waals surface area contributed by atoms with Crippen molar-refractivity contribution in [1.82, 2.24) is 9.97 Å². The standard InChI is InChI=1S/C21H18N2O4/c1-14-6-8-15(9-7-14)18-12-22-19(27-18)10-11-21(24)25-13-20-23-16-4-2-3-5-17(16)26-20/h2-9,12H,10-11,13H2,1H3. The molecule has 2 heterocycles. The summed E-state index contributed by atoms with van der Waals surface area (Å²) in [6, 6.07) is 15.4. The van der Waals surface area contributed by atoms with Crippen LogP contribution >= 0.6 is 0 Å². The van der Waals surface area contributed by atoms with Crippen molar-refractivity contribution >= 4 is 17.1 Å². The Morgan fingerprint density at radius 3 is 2.67 bits per heavy atom. The van der Waals surface area contributed by atoms with Crippen LogP contribution in [-0.2, 0) is 22.6 Å². The molecule has 4 rings (SSSR count). The predicted molar refractivity (Wildman–Crippen MR) is 98.8 cm³/mol. The van der Waals surface area contributed by atoms with Gasteiger partial charge in [-0.25, -0.2) is 9.97 Å². The van der Waals surface area contributed by atoms with Gasteiger partial charge in [-0.2, -0.15) is 0 Å². The van der Waals surface area contributed by atoms with Gasteiger partial charge in [0.15, 0.2) is 23.8 Å². The van der Waals surface area contributed by atoms with Crippen LogP contribution in [0.3, 0.4) is 0 Å². The summed E-state index contributed by atoms with van der Waals surface area (Å²) < 4.78 is 16.5. The summed E-state index contributed by atoms with van der Waals surface area (Å²) in [7, 11) is 0. The lowest BCUT2D eigenvalue weighted by atomic mass is 10.1. The van der Waals surface area contributed by atoms with Crippen molar-refractivity contribution in [2.24, 2.45) is 0 Å². The van der Waals surface area contributed by atoms with Crippen LogP contribution in [0.15, 0.2) is 63.6 Å². The Morgan fingerprint density at radius 1 is 1.04 bits per heavy atom. The van der Waals surface area contributed by atoms with E-state index in [-0.39, 0.29) is 19.0 Å². The first-order chi connectivity index (χ1) is 13.2. The summed E-state index contributed by atoms with van der Waals surface area (Å²) in [6.45, 7) is 2.04. The molecule has 0 saturated heterocycles. The Labute approximate surface area is 155 Å². The van der Waals surface area contributed by atoms with E-state index in [2.05, 4.69) is 9.97 Å². The van der Waals surface area contributed by atoms with E-state index in [1.165, 1.54) is 5.56 Å². The van der Waals surface area contributed by atoms with Crippen molar-refractivity contribution in [1.29, 1.82) is 0 Å². The van der Waals surface area contributed by atoms with Gasteiger partial charge in [0.25, 0.3) is 0 Å². The van der Waals surface area contributed by atoms with Crippen molar-refractivity contribution in [3.63, 3.8) is 0 Å². The molecule has 0 radical (unpaired) electrons. The number of carbonyl (C=O) groups excluding carboxylic acids is 1. The highest BCUT2D eigenvalue weighted by Crippen LogP contribution is 2.21. The first kappa shape index (κ1) is 17.0. The van der Waals surface area contributed by atoms with Gasteiger partial charge in [-0.15, -0.1) is 0 Å². The zero-order chi connectivity index (χ0) is 18.6. The minimum absolute atomic E-state index is 0.00765. The first-order valence-corrected chi connectivity index (χ1v) is 8.69. The van der Waals surface area contributed by atoms with Crippen LogP contribution < -0.4 is 0 Å². The zero-order valence-corrected chi connectivity index (χ0v) is 14.8. The summed E-state index contributed by atoms with van der Waals surface area (Å²) in [4.78, 5) is 20.5. The number of oxazole rings is 2. The Morgan fingerprint density at radius 2 is 1.85 bits per heavy atom. The number of aromatic nitrogens is 2. The number of hydrogen-bond acceptors (Lipinski definition) is 6. The highest BCUT2D eigenvalue weighted by Gasteiger charge is 2.12. The molecule has 0 N–H and O–H groups in total. The third kappa shape index (κ3) is 4.06. The lowest BCUT2D eigenvalue weighted by molar-refractivity contribution is -0.145. The highest BCUT2D eigenvalue weighted by atomic mass is 16.5. The lowest BCUT2D eigenvalue weighted by Crippen LogP contribution is -2.06. The average Bonchev–Trinajstić information content (AvgIpc) is 3.32. The molecule has 0 unspecified atom stereocenters. The molecular formula is C21H18N2O4. The molecule has 0 spiro atoms. The van der Waals surface area contributed by atoms with Crippen LogP contribution in [0.25, 0.3) is 22.4 Å². The van der Waals surface area contributed by atoms with Crippen molar-refractivity contribution in [2.75, 3.05) is 0 Å². The van der Waals surface area contributed by atoms with E-state index in [9.17, 15) is 4.79 Å². The second-order valence-corrected chi connectivity index (χ2v) is 6.22. The fraction of sp³-hybridized carbons (Fsp3) is 0.190. The van der Waals surface area contributed by atoms with E-state index in [0.29, 0.717) is 29.5 Å². The van der Waals surface area contributed by atoms with Crippen LogP contribution in [0.1, 0.15) is 23.8 Å². The van der Waals surface area contributed by atoms with Crippen LogP contribution in [0, 0.1) is 6.92 Å². The topological polar surface area (TPSA) is 78.4 Å². The van der Waals surface area contributed by atoms with E-state index in [4.69, 9.17) is 13.6 Å². The predicted octanol–water partition coefficient (Wildman–Crippen LogP) is 4.47. The van der Waals surface area contributed by atoms with Crippen molar-refractivity contribution in [3.8, 4) is 11.3 Å². The van der Waals surface area contributed by atoms with Gasteiger partial charge >= 0.3 is 5.97 Å². The largest absolute Gasteiger partial charge is 0.456 e. The first-order valence-electron chi connectivity index (χ1n) is 8.69. The maximum Gasteiger partial charge on any atom is 0.306 e. The number of nitrogens with zero attached hydrogens (tertiary/aromatic N) is 2. The second kappa shape index (κ2) is 7.45. The molecule has 6 heteroatoms. The molecule has 0 amide bonds. The smallest absolute Gasteiger partial charge is 0.306 e. The Hall–Kier alpha value is -3.41. The maximum absolute atomic E-state index is 12.0. The number of para-hydroxylation sites is 2. The summed E-state index contributed by atoms with van der Waals surface area (Å²) in [5.74, 6) is 1.21. The van der Waals surface area contributed by atoms with Crippen LogP contribution in [0.2, 0.25) is 0 Å². The third-order valence-corrected chi connectivity index (χ3v) is 4.13. The monoisotopic (exact) mass is 362 g/mol. The average molecular weight is 362 g/mol. The molecule has 0 bridgehead atoms. The summed E-state index contributed by atoms with van der Waals surface area (Å²) in [5.41, 5.74) is 3.55. The highest BCUT2D eigenvalue weighted by molar-refractivity contribution is 5.72. The molecule has 6 nitrogen and oxygen atoms in total. The Balaban J connectivity index is 1.29. The van der Waals surface area contributed by atoms with Crippen LogP contribution in [0.4, 0.5) is 0 Å². The van der Waals surface area contributed by atoms with Crippen LogP contribution in [-0.4, -0.2) is 15.9 Å². The summed E-state index contributed by atoms with van der Waals surface area (Å²) in [5, 5.41) is 0. The van der Waals surface area contributed by atoms with E-state index < -0.39 is 0 Å². The minimum atomic E-state index is -0.354. The van der Waals surface area contributed by atoms with Gasteiger partial charge in [0.05, 0.1) is 12.6 Å². The normalized spacial score (nSPS) is 11.0. The van der Waals surface area contributed by atoms with Crippen molar-refractivity contribution in [3.05, 3.63) is 72.1 Å². The molecular weight excluding hydrogens is 344 g/mol. The molecule has 0 saturated carbocycles. The quantitative estimate of drug-likeness (QED) is 0.471. The van der Waals surface area contributed by atoms with E-state index in [1.807, 2.05) is 55.5 Å². The third-order valence-electron chi connectivity index (χ3n) is 4.13. The van der Waals surface area contributed by atoms with Gasteiger partial charge in [0, 0.05) is 12.0 Å². The molecule has 4 aromatic rings. The maximum atomic E-state index is 12.0. The minimum Gasteiger partial charge on any atom is -0.456 e. The number of carbonyl (C=O) groups is 1. The molecule has 2 aromatic heterocycles. The Bertz CT molecular complexity index is 1030. The molecule has 0 aliphatic rings. The number of hydrogen-bond donors (Lipinski definition) is 0. The number of aryl methyl sites for hydroxylation is 2. The molecule has 2 aromatic carbocycles. The molecule has 136 valence electrons. The van der Waals surface area contributed by atoms with E-state index in [0.717, 1.165) is 11.1 Å². The molecule has 27 heavy (non-hydrogen) atoms. The number of rotatable bonds is 6. The number of benzene rings is 2. The molecule has 0 fully saturated rings. The van der Waals surface area contributed by atoms with Crippen molar-refractivity contribution < 1.29 is 18.4 Å². The Kier molecular flexibility index (Phi) is 4.70.